The van der Waals surface area contributed by atoms with Gasteiger partial charge in [-0.25, -0.2) is 4.98 Å². The zero-order valence-corrected chi connectivity index (χ0v) is 12.9. The van der Waals surface area contributed by atoms with Gasteiger partial charge in [-0.1, -0.05) is 24.4 Å². The van der Waals surface area contributed by atoms with Gasteiger partial charge in [-0.15, -0.1) is 0 Å². The lowest BCUT2D eigenvalue weighted by atomic mass is 10.00. The molecule has 1 heterocycles. The van der Waals surface area contributed by atoms with Crippen LogP contribution >= 0.6 is 11.6 Å². The second kappa shape index (κ2) is 6.16. The Kier molecular flexibility index (Phi) is 4.27. The molecule has 1 aromatic carbocycles. The van der Waals surface area contributed by atoms with Crippen molar-refractivity contribution in [1.29, 1.82) is 0 Å². The quantitative estimate of drug-likeness (QED) is 0.911. The fraction of sp³-hybridized carbons (Fsp3) is 0.500. The number of hydrogen-bond acceptors (Lipinski definition) is 3. The summed E-state index contributed by atoms with van der Waals surface area (Å²) in [6.45, 7) is 2.79. The summed E-state index contributed by atoms with van der Waals surface area (Å²) in [7, 11) is 0. The van der Waals surface area contributed by atoms with E-state index in [1.54, 1.807) is 18.2 Å². The molecule has 0 unspecified atom stereocenters. The normalized spacial score (nSPS) is 17.4. The minimum absolute atomic E-state index is 0.109. The van der Waals surface area contributed by atoms with Gasteiger partial charge in [0.2, 0.25) is 0 Å². The van der Waals surface area contributed by atoms with Crippen LogP contribution in [-0.2, 0) is 6.54 Å². The van der Waals surface area contributed by atoms with Gasteiger partial charge in [0.15, 0.2) is 0 Å². The number of halogens is 1. The fourth-order valence-electron chi connectivity index (χ4n) is 3.13. The van der Waals surface area contributed by atoms with Crippen LogP contribution in [0.5, 0.6) is 0 Å². The summed E-state index contributed by atoms with van der Waals surface area (Å²) in [5.41, 5.74) is 0.540. The first-order valence-electron chi connectivity index (χ1n) is 7.55. The highest BCUT2D eigenvalue weighted by Crippen LogP contribution is 2.27. The molecule has 1 aromatic heterocycles. The van der Waals surface area contributed by atoms with Crippen LogP contribution in [0.25, 0.3) is 10.9 Å². The van der Waals surface area contributed by atoms with E-state index in [0.29, 0.717) is 34.3 Å². The molecule has 4 nitrogen and oxygen atoms in total. The van der Waals surface area contributed by atoms with Crippen molar-refractivity contribution in [3.8, 4) is 0 Å². The van der Waals surface area contributed by atoms with Crippen LogP contribution in [0.3, 0.4) is 0 Å². The Hall–Kier alpha value is -1.39. The van der Waals surface area contributed by atoms with Crippen molar-refractivity contribution >= 4 is 22.5 Å². The Morgan fingerprint density at radius 1 is 1.43 bits per heavy atom. The van der Waals surface area contributed by atoms with Crippen molar-refractivity contribution in [2.75, 3.05) is 0 Å². The second-order valence-corrected chi connectivity index (χ2v) is 6.32. The van der Waals surface area contributed by atoms with Crippen LogP contribution in [0.2, 0.25) is 5.02 Å². The number of aromatic nitrogens is 2. The van der Waals surface area contributed by atoms with Crippen LogP contribution in [0.1, 0.15) is 38.4 Å². The van der Waals surface area contributed by atoms with E-state index in [1.165, 1.54) is 25.7 Å². The molecule has 1 aliphatic carbocycles. The van der Waals surface area contributed by atoms with E-state index in [-0.39, 0.29) is 5.56 Å². The van der Waals surface area contributed by atoms with Crippen molar-refractivity contribution in [2.24, 2.45) is 5.92 Å². The first-order valence-corrected chi connectivity index (χ1v) is 7.93. The molecule has 1 saturated carbocycles. The predicted molar refractivity (Wildman–Crippen MR) is 85.6 cm³/mol. The minimum Gasteiger partial charge on any atom is -0.309 e. The van der Waals surface area contributed by atoms with Gasteiger partial charge >= 0.3 is 0 Å². The maximum absolute atomic E-state index is 12.0. The molecule has 3 rings (SSSR count). The van der Waals surface area contributed by atoms with Gasteiger partial charge in [0.1, 0.15) is 5.82 Å². The topological polar surface area (TPSA) is 57.8 Å². The lowest BCUT2D eigenvalue weighted by Crippen LogP contribution is -2.33. The van der Waals surface area contributed by atoms with Crippen LogP contribution in [0.15, 0.2) is 23.0 Å². The van der Waals surface area contributed by atoms with E-state index in [1.807, 2.05) is 0 Å². The standard InChI is InChI=1S/C16H20ClN3O/c1-10(11-4-2-3-5-11)18-9-15-19-14-8-12(17)6-7-13(14)16(21)20-15/h6-8,10-11,18H,2-5,9H2,1H3,(H,19,20,21)/t10-/m0/s1. The minimum atomic E-state index is -0.109. The smallest absolute Gasteiger partial charge is 0.258 e. The SMILES string of the molecule is C[C@H](NCc1nc2cc(Cl)ccc2c(=O)[nH]1)C1CCCC1. The van der Waals surface area contributed by atoms with Crippen LogP contribution in [-0.4, -0.2) is 16.0 Å². The van der Waals surface area contributed by atoms with Gasteiger partial charge in [-0.3, -0.25) is 4.79 Å². The summed E-state index contributed by atoms with van der Waals surface area (Å²) in [5, 5.41) is 4.65. The van der Waals surface area contributed by atoms with Gasteiger partial charge in [0.05, 0.1) is 17.4 Å². The number of rotatable bonds is 4. The molecule has 0 radical (unpaired) electrons. The van der Waals surface area contributed by atoms with Crippen LogP contribution in [0.4, 0.5) is 0 Å². The zero-order chi connectivity index (χ0) is 14.8. The van der Waals surface area contributed by atoms with E-state index >= 15 is 0 Å². The Morgan fingerprint density at radius 3 is 2.95 bits per heavy atom. The van der Waals surface area contributed by atoms with Gasteiger partial charge in [-0.2, -0.15) is 0 Å². The molecule has 1 fully saturated rings. The first-order chi connectivity index (χ1) is 10.1. The first kappa shape index (κ1) is 14.5. The summed E-state index contributed by atoms with van der Waals surface area (Å²) in [6, 6.07) is 5.60. The number of fused-ring (bicyclic) bond motifs is 1. The molecule has 0 bridgehead atoms. The summed E-state index contributed by atoms with van der Waals surface area (Å²) in [4.78, 5) is 19.4. The van der Waals surface area contributed by atoms with Crippen molar-refractivity contribution in [1.82, 2.24) is 15.3 Å². The highest BCUT2D eigenvalue weighted by molar-refractivity contribution is 6.31. The molecular formula is C16H20ClN3O. The van der Waals surface area contributed by atoms with Gasteiger partial charge in [0, 0.05) is 11.1 Å². The van der Waals surface area contributed by atoms with E-state index in [0.717, 1.165) is 5.92 Å². The monoisotopic (exact) mass is 305 g/mol. The van der Waals surface area contributed by atoms with Gasteiger partial charge < -0.3 is 10.3 Å². The van der Waals surface area contributed by atoms with E-state index < -0.39 is 0 Å². The van der Waals surface area contributed by atoms with Crippen LogP contribution < -0.4 is 10.9 Å². The van der Waals surface area contributed by atoms with Crippen LogP contribution in [0, 0.1) is 5.92 Å². The highest BCUT2D eigenvalue weighted by atomic mass is 35.5. The molecule has 0 saturated heterocycles. The van der Waals surface area contributed by atoms with E-state index in [9.17, 15) is 4.79 Å². The molecule has 0 amide bonds. The largest absolute Gasteiger partial charge is 0.309 e. The molecule has 112 valence electrons. The lowest BCUT2D eigenvalue weighted by molar-refractivity contribution is 0.377. The van der Waals surface area contributed by atoms with Crippen molar-refractivity contribution < 1.29 is 0 Å². The molecule has 0 aliphatic heterocycles. The third-order valence-corrected chi connectivity index (χ3v) is 4.65. The number of aromatic amines is 1. The fourth-order valence-corrected chi connectivity index (χ4v) is 3.29. The van der Waals surface area contributed by atoms with E-state index in [2.05, 4.69) is 22.2 Å². The second-order valence-electron chi connectivity index (χ2n) is 5.89. The Balaban J connectivity index is 1.76. The molecule has 1 aliphatic rings. The molecule has 2 aromatic rings. The third kappa shape index (κ3) is 3.27. The van der Waals surface area contributed by atoms with Gasteiger partial charge in [-0.05, 0) is 43.9 Å². The Bertz CT molecular complexity index is 691. The van der Waals surface area contributed by atoms with Crippen molar-refractivity contribution in [2.45, 2.75) is 45.2 Å². The summed E-state index contributed by atoms with van der Waals surface area (Å²) < 4.78 is 0. The van der Waals surface area contributed by atoms with Crippen molar-refractivity contribution in [3.63, 3.8) is 0 Å². The molecular weight excluding hydrogens is 286 g/mol. The third-order valence-electron chi connectivity index (χ3n) is 4.42. The van der Waals surface area contributed by atoms with E-state index in [4.69, 9.17) is 11.6 Å². The number of hydrogen-bond donors (Lipinski definition) is 2. The summed E-state index contributed by atoms with van der Waals surface area (Å²) >= 11 is 5.97. The Morgan fingerprint density at radius 2 is 2.19 bits per heavy atom. The summed E-state index contributed by atoms with van der Waals surface area (Å²) in [5.74, 6) is 1.41. The average Bonchev–Trinajstić information content (AvgIpc) is 2.98. The lowest BCUT2D eigenvalue weighted by Gasteiger charge is -2.20. The molecule has 5 heteroatoms. The molecule has 0 spiro atoms. The summed E-state index contributed by atoms with van der Waals surface area (Å²) in [6.07, 6.45) is 5.26. The maximum atomic E-state index is 12.0. The number of nitrogens with one attached hydrogen (secondary N) is 2. The number of nitrogens with zero attached hydrogens (tertiary/aromatic N) is 1. The maximum Gasteiger partial charge on any atom is 0.258 e. The molecule has 1 atom stereocenters. The molecule has 21 heavy (non-hydrogen) atoms. The Labute approximate surface area is 128 Å². The predicted octanol–water partition coefficient (Wildman–Crippen LogP) is 3.24. The van der Waals surface area contributed by atoms with Crippen molar-refractivity contribution in [3.05, 3.63) is 39.4 Å². The zero-order valence-electron chi connectivity index (χ0n) is 12.2. The highest BCUT2D eigenvalue weighted by Gasteiger charge is 2.21. The van der Waals surface area contributed by atoms with Gasteiger partial charge in [0.25, 0.3) is 5.56 Å². The average molecular weight is 306 g/mol. The number of benzene rings is 1. The molecule has 2 N–H and O–H groups in total. The number of H-pyrrole nitrogens is 1.